The molecule has 1 aromatic rings. The summed E-state index contributed by atoms with van der Waals surface area (Å²) in [5, 5.41) is 12.5. The lowest BCUT2D eigenvalue weighted by Crippen LogP contribution is -2.55. The second-order valence-electron chi connectivity index (χ2n) is 7.27. The van der Waals surface area contributed by atoms with Gasteiger partial charge >= 0.3 is 5.97 Å². The van der Waals surface area contributed by atoms with Gasteiger partial charge in [-0.2, -0.15) is 0 Å². The number of amides is 1. The van der Waals surface area contributed by atoms with Gasteiger partial charge in [0.25, 0.3) is 0 Å². The van der Waals surface area contributed by atoms with Gasteiger partial charge in [-0.15, -0.1) is 0 Å². The molecule has 130 valence electrons. The van der Waals surface area contributed by atoms with Crippen LogP contribution in [-0.4, -0.2) is 29.6 Å². The average molecular weight is 331 g/mol. The Labute approximate surface area is 142 Å². The molecule has 2 fully saturated rings. The highest BCUT2D eigenvalue weighted by Crippen LogP contribution is 2.49. The largest absolute Gasteiger partial charge is 0.497 e. The van der Waals surface area contributed by atoms with E-state index in [0.717, 1.165) is 37.0 Å². The maximum absolute atomic E-state index is 12.6. The number of nitrogens with one attached hydrogen (secondary N) is 1. The van der Waals surface area contributed by atoms with Crippen LogP contribution in [0.25, 0.3) is 0 Å². The lowest BCUT2D eigenvalue weighted by molar-refractivity contribution is -0.146. The molecule has 3 rings (SSSR count). The number of carbonyl (C=O) groups excluding carboxylic acids is 1. The SMILES string of the molecule is COc1cccc(C2CC2C(=O)NC2(C)CCCCC2C(=O)O)c1. The molecule has 0 heterocycles. The van der Waals surface area contributed by atoms with Crippen LogP contribution in [0.15, 0.2) is 24.3 Å². The molecule has 2 aliphatic carbocycles. The van der Waals surface area contributed by atoms with Crippen molar-refractivity contribution < 1.29 is 19.4 Å². The molecule has 4 unspecified atom stereocenters. The molecule has 24 heavy (non-hydrogen) atoms. The molecule has 0 bridgehead atoms. The van der Waals surface area contributed by atoms with Crippen LogP contribution in [0, 0.1) is 11.8 Å². The molecular weight excluding hydrogens is 306 g/mol. The van der Waals surface area contributed by atoms with Crippen molar-refractivity contribution in [3.05, 3.63) is 29.8 Å². The van der Waals surface area contributed by atoms with E-state index in [1.54, 1.807) is 7.11 Å². The Hall–Kier alpha value is -2.04. The number of ether oxygens (including phenoxy) is 1. The number of methoxy groups -OCH3 is 1. The van der Waals surface area contributed by atoms with Gasteiger partial charge in [0.1, 0.15) is 5.75 Å². The Balaban J connectivity index is 1.66. The maximum Gasteiger partial charge on any atom is 0.308 e. The second-order valence-corrected chi connectivity index (χ2v) is 7.27. The smallest absolute Gasteiger partial charge is 0.308 e. The van der Waals surface area contributed by atoms with E-state index in [-0.39, 0.29) is 17.7 Å². The van der Waals surface area contributed by atoms with Gasteiger partial charge in [-0.05, 0) is 49.8 Å². The summed E-state index contributed by atoms with van der Waals surface area (Å²) >= 11 is 0. The summed E-state index contributed by atoms with van der Waals surface area (Å²) in [6, 6.07) is 7.81. The van der Waals surface area contributed by atoms with Crippen molar-refractivity contribution in [3.8, 4) is 5.75 Å². The van der Waals surface area contributed by atoms with Gasteiger partial charge in [-0.3, -0.25) is 9.59 Å². The number of hydrogen-bond acceptors (Lipinski definition) is 3. The van der Waals surface area contributed by atoms with Gasteiger partial charge in [0, 0.05) is 5.92 Å². The number of carboxylic acid groups (broad SMARTS) is 1. The van der Waals surface area contributed by atoms with Crippen LogP contribution >= 0.6 is 0 Å². The van der Waals surface area contributed by atoms with Gasteiger partial charge in [0.05, 0.1) is 18.6 Å². The molecule has 0 spiro atoms. The molecule has 2 N–H and O–H groups in total. The van der Waals surface area contributed by atoms with Crippen LogP contribution < -0.4 is 10.1 Å². The van der Waals surface area contributed by atoms with Gasteiger partial charge in [-0.25, -0.2) is 0 Å². The number of benzene rings is 1. The van der Waals surface area contributed by atoms with E-state index in [4.69, 9.17) is 4.74 Å². The standard InChI is InChI=1S/C19H25NO4/c1-19(9-4-3-8-16(19)18(22)23)20-17(21)15-11-14(15)12-6-5-7-13(10-12)24-2/h5-7,10,14-16H,3-4,8-9,11H2,1-2H3,(H,20,21)(H,22,23). The van der Waals surface area contributed by atoms with E-state index in [1.807, 2.05) is 31.2 Å². The molecule has 0 aliphatic heterocycles. The molecule has 5 nitrogen and oxygen atoms in total. The topological polar surface area (TPSA) is 75.6 Å². The molecule has 1 amide bonds. The van der Waals surface area contributed by atoms with E-state index in [2.05, 4.69) is 5.32 Å². The van der Waals surface area contributed by atoms with Gasteiger partial charge in [0.15, 0.2) is 0 Å². The van der Waals surface area contributed by atoms with Crippen molar-refractivity contribution in [1.29, 1.82) is 0 Å². The molecule has 2 aliphatic rings. The molecule has 2 saturated carbocycles. The molecule has 4 atom stereocenters. The average Bonchev–Trinajstić information content (AvgIpc) is 3.35. The van der Waals surface area contributed by atoms with Crippen LogP contribution in [0.4, 0.5) is 0 Å². The Morgan fingerprint density at radius 3 is 2.83 bits per heavy atom. The van der Waals surface area contributed by atoms with Crippen LogP contribution in [0.2, 0.25) is 0 Å². The highest BCUT2D eigenvalue weighted by atomic mass is 16.5. The zero-order valence-electron chi connectivity index (χ0n) is 14.2. The predicted molar refractivity (Wildman–Crippen MR) is 90.0 cm³/mol. The summed E-state index contributed by atoms with van der Waals surface area (Å²) in [6.07, 6.45) is 4.05. The van der Waals surface area contributed by atoms with E-state index in [1.165, 1.54) is 0 Å². The number of aliphatic carboxylic acids is 1. The molecule has 0 saturated heterocycles. The molecule has 1 aromatic carbocycles. The third kappa shape index (κ3) is 3.25. The second kappa shape index (κ2) is 6.46. The van der Waals surface area contributed by atoms with E-state index in [0.29, 0.717) is 6.42 Å². The van der Waals surface area contributed by atoms with Gasteiger partial charge in [-0.1, -0.05) is 25.0 Å². The third-order valence-electron chi connectivity index (χ3n) is 5.56. The lowest BCUT2D eigenvalue weighted by atomic mass is 9.73. The lowest BCUT2D eigenvalue weighted by Gasteiger charge is -2.40. The van der Waals surface area contributed by atoms with E-state index < -0.39 is 17.4 Å². The monoisotopic (exact) mass is 331 g/mol. The van der Waals surface area contributed by atoms with Crippen molar-refractivity contribution in [2.24, 2.45) is 11.8 Å². The van der Waals surface area contributed by atoms with Crippen molar-refractivity contribution in [2.45, 2.75) is 50.5 Å². The quantitative estimate of drug-likeness (QED) is 0.870. The number of rotatable bonds is 5. The minimum Gasteiger partial charge on any atom is -0.497 e. The van der Waals surface area contributed by atoms with E-state index in [9.17, 15) is 14.7 Å². The summed E-state index contributed by atoms with van der Waals surface area (Å²) in [5.41, 5.74) is 0.473. The first-order valence-corrected chi connectivity index (χ1v) is 8.63. The zero-order chi connectivity index (χ0) is 17.3. The Morgan fingerprint density at radius 2 is 2.12 bits per heavy atom. The zero-order valence-corrected chi connectivity index (χ0v) is 14.2. The van der Waals surface area contributed by atoms with Crippen LogP contribution in [0.1, 0.15) is 50.5 Å². The van der Waals surface area contributed by atoms with Crippen molar-refractivity contribution in [1.82, 2.24) is 5.32 Å². The Bertz CT molecular complexity index is 644. The maximum atomic E-state index is 12.6. The van der Waals surface area contributed by atoms with Crippen molar-refractivity contribution in [2.75, 3.05) is 7.11 Å². The first-order valence-electron chi connectivity index (χ1n) is 8.63. The summed E-state index contributed by atoms with van der Waals surface area (Å²) in [7, 11) is 1.63. The number of carbonyl (C=O) groups is 2. The highest BCUT2D eigenvalue weighted by molar-refractivity contribution is 5.84. The summed E-state index contributed by atoms with van der Waals surface area (Å²) in [4.78, 5) is 24.2. The number of hydrogen-bond donors (Lipinski definition) is 2. The van der Waals surface area contributed by atoms with Crippen LogP contribution in [0.5, 0.6) is 5.75 Å². The normalized spacial score (nSPS) is 32.0. The number of carboxylic acids is 1. The van der Waals surface area contributed by atoms with Gasteiger partial charge < -0.3 is 15.2 Å². The predicted octanol–water partition coefficient (Wildman–Crippen LogP) is 2.95. The van der Waals surface area contributed by atoms with Crippen LogP contribution in [0.3, 0.4) is 0 Å². The first kappa shape index (κ1) is 16.8. The first-order chi connectivity index (χ1) is 11.4. The molecule has 0 aromatic heterocycles. The minimum absolute atomic E-state index is 0.0153. The molecule has 5 heteroatoms. The van der Waals surface area contributed by atoms with Gasteiger partial charge in [0.2, 0.25) is 5.91 Å². The highest BCUT2D eigenvalue weighted by Gasteiger charge is 2.48. The Morgan fingerprint density at radius 1 is 1.33 bits per heavy atom. The van der Waals surface area contributed by atoms with Crippen molar-refractivity contribution >= 4 is 11.9 Å². The molecule has 0 radical (unpaired) electrons. The molecular formula is C19H25NO4. The summed E-state index contributed by atoms with van der Waals surface area (Å²) in [6.45, 7) is 1.88. The Kier molecular flexibility index (Phi) is 4.52. The van der Waals surface area contributed by atoms with Crippen molar-refractivity contribution in [3.63, 3.8) is 0 Å². The van der Waals surface area contributed by atoms with E-state index >= 15 is 0 Å². The third-order valence-corrected chi connectivity index (χ3v) is 5.56. The summed E-state index contributed by atoms with van der Waals surface area (Å²) in [5.74, 6) is -0.384. The fraction of sp³-hybridized carbons (Fsp3) is 0.579. The fourth-order valence-electron chi connectivity index (χ4n) is 3.98. The fourth-order valence-corrected chi connectivity index (χ4v) is 3.98. The summed E-state index contributed by atoms with van der Waals surface area (Å²) < 4.78 is 5.24. The van der Waals surface area contributed by atoms with Crippen LogP contribution in [-0.2, 0) is 9.59 Å². The minimum atomic E-state index is -0.808.